The Balaban J connectivity index is 1.68. The summed E-state index contributed by atoms with van der Waals surface area (Å²) in [6.45, 7) is 0.963. The minimum absolute atomic E-state index is 0.0265. The summed E-state index contributed by atoms with van der Waals surface area (Å²) in [5.74, 6) is -1.05. The molecule has 10 heteroatoms. The maximum atomic E-state index is 12.4. The number of esters is 1. The summed E-state index contributed by atoms with van der Waals surface area (Å²) in [7, 11) is 0. The molecule has 0 spiro atoms. The minimum Gasteiger partial charge on any atom is -0.451 e. The molecule has 0 unspecified atom stereocenters. The van der Waals surface area contributed by atoms with Crippen molar-refractivity contribution in [3.63, 3.8) is 0 Å². The van der Waals surface area contributed by atoms with Crippen molar-refractivity contribution < 1.29 is 23.7 Å². The van der Waals surface area contributed by atoms with Gasteiger partial charge in [0.15, 0.2) is 6.61 Å². The van der Waals surface area contributed by atoms with E-state index in [0.717, 1.165) is 0 Å². The van der Waals surface area contributed by atoms with E-state index in [-0.39, 0.29) is 29.8 Å². The fraction of sp³-hybridized carbons (Fsp3) is 0.100. The minimum atomic E-state index is -0.774. The summed E-state index contributed by atoms with van der Waals surface area (Å²) in [5.41, 5.74) is 1.08. The van der Waals surface area contributed by atoms with E-state index in [1.807, 2.05) is 6.07 Å². The van der Waals surface area contributed by atoms with Crippen LogP contribution in [-0.4, -0.2) is 27.0 Å². The van der Waals surface area contributed by atoms with Gasteiger partial charge in [-0.1, -0.05) is 30.3 Å². The predicted octanol–water partition coefficient (Wildman–Crippen LogP) is 2.87. The lowest BCUT2D eigenvalue weighted by Gasteiger charge is -2.07. The molecule has 1 aromatic heterocycles. The van der Waals surface area contributed by atoms with Crippen molar-refractivity contribution in [1.82, 2.24) is 15.5 Å². The summed E-state index contributed by atoms with van der Waals surface area (Å²) >= 11 is 0. The number of benzene rings is 2. The normalized spacial score (nSPS) is 11.0. The first-order valence-corrected chi connectivity index (χ1v) is 8.71. The molecule has 2 aromatic carbocycles. The SMILES string of the molecule is CC(=O)N/C(=C\c1ccccc1)C(=O)OCc1nnc(-c2ccc([N+](=O)[O-])cc2)o1. The summed E-state index contributed by atoms with van der Waals surface area (Å²) in [6.07, 6.45) is 1.49. The van der Waals surface area contributed by atoms with E-state index in [0.29, 0.717) is 11.1 Å². The van der Waals surface area contributed by atoms with Crippen molar-refractivity contribution in [2.45, 2.75) is 13.5 Å². The number of nitro benzene ring substituents is 1. The van der Waals surface area contributed by atoms with Gasteiger partial charge in [0.2, 0.25) is 11.8 Å². The Kier molecular flexibility index (Phi) is 6.28. The van der Waals surface area contributed by atoms with Gasteiger partial charge in [-0.2, -0.15) is 0 Å². The van der Waals surface area contributed by atoms with Crippen LogP contribution in [0, 0.1) is 10.1 Å². The topological polar surface area (TPSA) is 137 Å². The van der Waals surface area contributed by atoms with Crippen LogP contribution >= 0.6 is 0 Å². The Hall–Kier alpha value is -4.34. The predicted molar refractivity (Wildman–Crippen MR) is 104 cm³/mol. The Morgan fingerprint density at radius 2 is 1.83 bits per heavy atom. The second-order valence-corrected chi connectivity index (χ2v) is 6.03. The first-order chi connectivity index (χ1) is 14.4. The number of aromatic nitrogens is 2. The number of nitrogens with zero attached hydrogens (tertiary/aromatic N) is 3. The van der Waals surface area contributed by atoms with Gasteiger partial charge in [-0.25, -0.2) is 4.79 Å². The molecule has 0 aliphatic heterocycles. The quantitative estimate of drug-likeness (QED) is 0.273. The molecule has 152 valence electrons. The van der Waals surface area contributed by atoms with E-state index >= 15 is 0 Å². The van der Waals surface area contributed by atoms with E-state index < -0.39 is 16.8 Å². The van der Waals surface area contributed by atoms with Gasteiger partial charge < -0.3 is 14.5 Å². The van der Waals surface area contributed by atoms with Crippen LogP contribution < -0.4 is 5.32 Å². The summed E-state index contributed by atoms with van der Waals surface area (Å²) < 4.78 is 10.6. The van der Waals surface area contributed by atoms with Gasteiger partial charge in [-0.05, 0) is 23.8 Å². The highest BCUT2D eigenvalue weighted by atomic mass is 16.6. The van der Waals surface area contributed by atoms with Crippen LogP contribution in [0.15, 0.2) is 64.7 Å². The van der Waals surface area contributed by atoms with Gasteiger partial charge >= 0.3 is 5.97 Å². The van der Waals surface area contributed by atoms with Gasteiger partial charge in [-0.15, -0.1) is 10.2 Å². The number of rotatable bonds is 7. The van der Waals surface area contributed by atoms with Crippen molar-refractivity contribution in [2.24, 2.45) is 0 Å². The smallest absolute Gasteiger partial charge is 0.355 e. The molecule has 3 aromatic rings. The van der Waals surface area contributed by atoms with Gasteiger partial charge in [0.25, 0.3) is 11.6 Å². The highest BCUT2D eigenvalue weighted by molar-refractivity contribution is 5.97. The van der Waals surface area contributed by atoms with Crippen LogP contribution in [0.4, 0.5) is 5.69 Å². The highest BCUT2D eigenvalue weighted by Gasteiger charge is 2.16. The van der Waals surface area contributed by atoms with Crippen molar-refractivity contribution >= 4 is 23.6 Å². The third kappa shape index (κ3) is 5.35. The fourth-order valence-electron chi connectivity index (χ4n) is 2.41. The third-order valence-electron chi connectivity index (χ3n) is 3.76. The van der Waals surface area contributed by atoms with Crippen LogP contribution in [0.3, 0.4) is 0 Å². The molecular formula is C20H16N4O6. The van der Waals surface area contributed by atoms with Crippen LogP contribution in [0.2, 0.25) is 0 Å². The first kappa shape index (κ1) is 20.4. The number of non-ortho nitro benzene ring substituents is 1. The van der Waals surface area contributed by atoms with Crippen LogP contribution in [0.1, 0.15) is 18.4 Å². The maximum absolute atomic E-state index is 12.4. The second-order valence-electron chi connectivity index (χ2n) is 6.03. The molecule has 1 N–H and O–H groups in total. The van der Waals surface area contributed by atoms with Crippen LogP contribution in [0.25, 0.3) is 17.5 Å². The van der Waals surface area contributed by atoms with Gasteiger partial charge in [0.05, 0.1) is 4.92 Å². The number of ether oxygens (including phenoxy) is 1. The zero-order valence-electron chi connectivity index (χ0n) is 15.8. The Labute approximate surface area is 170 Å². The summed E-state index contributed by atoms with van der Waals surface area (Å²) in [6, 6.07) is 14.5. The number of carbonyl (C=O) groups is 2. The van der Waals surface area contributed by atoms with Gasteiger partial charge in [0, 0.05) is 24.6 Å². The average molecular weight is 408 g/mol. The zero-order valence-corrected chi connectivity index (χ0v) is 15.8. The molecule has 3 rings (SSSR count). The lowest BCUT2D eigenvalue weighted by atomic mass is 10.2. The monoisotopic (exact) mass is 408 g/mol. The molecule has 0 saturated carbocycles. The van der Waals surface area contributed by atoms with E-state index in [4.69, 9.17) is 9.15 Å². The molecule has 0 radical (unpaired) electrons. The largest absolute Gasteiger partial charge is 0.451 e. The van der Waals surface area contributed by atoms with E-state index in [1.54, 1.807) is 24.3 Å². The number of nitro groups is 1. The van der Waals surface area contributed by atoms with Gasteiger partial charge in [0.1, 0.15) is 5.70 Å². The molecular weight excluding hydrogens is 392 g/mol. The number of amides is 1. The number of hydrogen-bond acceptors (Lipinski definition) is 8. The van der Waals surface area contributed by atoms with Crippen LogP contribution in [-0.2, 0) is 20.9 Å². The summed E-state index contributed by atoms with van der Waals surface area (Å²) in [5, 5.41) is 20.8. The maximum Gasteiger partial charge on any atom is 0.355 e. The second kappa shape index (κ2) is 9.24. The Morgan fingerprint density at radius 1 is 1.13 bits per heavy atom. The molecule has 0 fully saturated rings. The van der Waals surface area contributed by atoms with E-state index in [2.05, 4.69) is 15.5 Å². The molecule has 0 aliphatic rings. The van der Waals surface area contributed by atoms with E-state index in [1.165, 1.54) is 37.3 Å². The Bertz CT molecular complexity index is 1090. The average Bonchev–Trinajstić information content (AvgIpc) is 3.21. The zero-order chi connectivity index (χ0) is 21.5. The number of hydrogen-bond donors (Lipinski definition) is 1. The molecule has 0 aliphatic carbocycles. The number of nitrogens with one attached hydrogen (secondary N) is 1. The summed E-state index contributed by atoms with van der Waals surface area (Å²) in [4.78, 5) is 34.0. The van der Waals surface area contributed by atoms with Crippen LogP contribution in [0.5, 0.6) is 0 Å². The van der Waals surface area contributed by atoms with Gasteiger partial charge in [-0.3, -0.25) is 14.9 Å². The molecule has 30 heavy (non-hydrogen) atoms. The molecule has 1 heterocycles. The lowest BCUT2D eigenvalue weighted by molar-refractivity contribution is -0.384. The number of carbonyl (C=O) groups excluding carboxylic acids is 2. The van der Waals surface area contributed by atoms with Crippen molar-refractivity contribution in [1.29, 1.82) is 0 Å². The van der Waals surface area contributed by atoms with Crippen molar-refractivity contribution in [3.8, 4) is 11.5 Å². The van der Waals surface area contributed by atoms with Crippen molar-refractivity contribution in [3.05, 3.63) is 81.9 Å². The first-order valence-electron chi connectivity index (χ1n) is 8.71. The fourth-order valence-corrected chi connectivity index (χ4v) is 2.41. The van der Waals surface area contributed by atoms with Crippen molar-refractivity contribution in [2.75, 3.05) is 0 Å². The molecule has 0 saturated heterocycles. The molecule has 0 atom stereocenters. The van der Waals surface area contributed by atoms with E-state index in [9.17, 15) is 19.7 Å². The molecule has 0 bridgehead atoms. The highest BCUT2D eigenvalue weighted by Crippen LogP contribution is 2.21. The molecule has 10 nitrogen and oxygen atoms in total. The molecule has 1 amide bonds. The lowest BCUT2D eigenvalue weighted by Crippen LogP contribution is -2.26. The Morgan fingerprint density at radius 3 is 2.47 bits per heavy atom. The third-order valence-corrected chi connectivity index (χ3v) is 3.76. The standard InChI is InChI=1S/C20H16N4O6/c1-13(25)21-17(11-14-5-3-2-4-6-14)20(26)29-12-18-22-23-19(30-18)15-7-9-16(10-8-15)24(27)28/h2-11H,12H2,1H3,(H,21,25)/b17-11-.